The van der Waals surface area contributed by atoms with Crippen LogP contribution < -0.4 is 10.1 Å². The van der Waals surface area contributed by atoms with E-state index in [4.69, 9.17) is 9.15 Å². The zero-order chi connectivity index (χ0) is 21.0. The normalized spacial score (nSPS) is 12.6. The van der Waals surface area contributed by atoms with Crippen LogP contribution in [0.25, 0.3) is 16.5 Å². The number of amides is 1. The van der Waals surface area contributed by atoms with Gasteiger partial charge in [-0.2, -0.15) is 0 Å². The molecule has 1 heterocycles. The van der Waals surface area contributed by atoms with Crippen LogP contribution in [-0.4, -0.2) is 30.1 Å². The van der Waals surface area contributed by atoms with E-state index in [2.05, 4.69) is 5.32 Å². The summed E-state index contributed by atoms with van der Waals surface area (Å²) in [7, 11) is 1.55. The first-order valence-corrected chi connectivity index (χ1v) is 9.20. The van der Waals surface area contributed by atoms with Crippen LogP contribution in [0.1, 0.15) is 23.6 Å². The summed E-state index contributed by atoms with van der Waals surface area (Å²) in [6, 6.07) is 11.9. The highest BCUT2D eigenvalue weighted by Gasteiger charge is 2.20. The third-order valence-corrected chi connectivity index (χ3v) is 4.76. The number of rotatable bonds is 7. The van der Waals surface area contributed by atoms with E-state index in [0.29, 0.717) is 16.9 Å². The number of ether oxygens (including phenoxy) is 1. The first-order chi connectivity index (χ1) is 13.9. The van der Waals surface area contributed by atoms with Crippen LogP contribution in [-0.2, 0) is 16.0 Å². The van der Waals surface area contributed by atoms with Crippen LogP contribution in [0.3, 0.4) is 0 Å². The second kappa shape index (κ2) is 8.65. The molecule has 150 valence electrons. The lowest BCUT2D eigenvalue weighted by Gasteiger charge is -2.14. The second-order valence-electron chi connectivity index (χ2n) is 6.88. The molecule has 3 aromatic rings. The smallest absolute Gasteiger partial charge is 0.326 e. The summed E-state index contributed by atoms with van der Waals surface area (Å²) in [6.07, 6.45) is 3.26. The number of aliphatic carboxylic acids is 1. The Morgan fingerprint density at radius 1 is 1.24 bits per heavy atom. The number of fused-ring (bicyclic) bond motifs is 1. The number of hydrogen-bond acceptors (Lipinski definition) is 4. The van der Waals surface area contributed by atoms with Crippen molar-refractivity contribution in [3.8, 4) is 5.75 Å². The van der Waals surface area contributed by atoms with Gasteiger partial charge in [0.1, 0.15) is 17.4 Å². The quantitative estimate of drug-likeness (QED) is 0.593. The fourth-order valence-corrected chi connectivity index (χ4v) is 3.20. The van der Waals surface area contributed by atoms with Crippen molar-refractivity contribution in [2.75, 3.05) is 7.11 Å². The minimum absolute atomic E-state index is 0.207. The molecule has 0 radical (unpaired) electrons. The van der Waals surface area contributed by atoms with Crippen molar-refractivity contribution in [2.45, 2.75) is 26.3 Å². The minimum atomic E-state index is -1.08. The van der Waals surface area contributed by atoms with Crippen LogP contribution in [0.2, 0.25) is 0 Å². The van der Waals surface area contributed by atoms with Crippen molar-refractivity contribution < 1.29 is 23.8 Å². The average molecular weight is 393 g/mol. The third kappa shape index (κ3) is 4.66. The topological polar surface area (TPSA) is 88.8 Å². The van der Waals surface area contributed by atoms with Gasteiger partial charge in [0.05, 0.1) is 13.4 Å². The highest BCUT2D eigenvalue weighted by molar-refractivity contribution is 5.98. The fourth-order valence-electron chi connectivity index (χ4n) is 3.20. The molecule has 1 amide bonds. The minimum Gasteiger partial charge on any atom is -0.496 e. The third-order valence-electron chi connectivity index (χ3n) is 4.76. The molecule has 0 fully saturated rings. The summed E-state index contributed by atoms with van der Waals surface area (Å²) >= 11 is 0. The van der Waals surface area contributed by atoms with E-state index < -0.39 is 17.9 Å². The number of benzene rings is 2. The molecule has 0 saturated heterocycles. The highest BCUT2D eigenvalue weighted by Crippen LogP contribution is 2.33. The lowest BCUT2D eigenvalue weighted by atomic mass is 10.0. The van der Waals surface area contributed by atoms with E-state index in [1.54, 1.807) is 26.4 Å². The molecule has 0 aliphatic carbocycles. The number of furan rings is 1. The molecule has 2 N–H and O–H groups in total. The van der Waals surface area contributed by atoms with Crippen molar-refractivity contribution in [3.63, 3.8) is 0 Å². The molecule has 0 aliphatic rings. The predicted molar refractivity (Wildman–Crippen MR) is 111 cm³/mol. The van der Waals surface area contributed by atoms with Gasteiger partial charge in [-0.15, -0.1) is 0 Å². The van der Waals surface area contributed by atoms with Crippen LogP contribution in [0.5, 0.6) is 5.75 Å². The number of methoxy groups -OCH3 is 1. The molecule has 0 aliphatic heterocycles. The van der Waals surface area contributed by atoms with Gasteiger partial charge in [0.25, 0.3) is 0 Å². The lowest BCUT2D eigenvalue weighted by Crippen LogP contribution is -2.41. The summed E-state index contributed by atoms with van der Waals surface area (Å²) in [5.41, 5.74) is 3.92. The molecule has 0 spiro atoms. The Kier molecular flexibility index (Phi) is 6.02. The highest BCUT2D eigenvalue weighted by atomic mass is 16.5. The van der Waals surface area contributed by atoms with Gasteiger partial charge in [0.2, 0.25) is 5.91 Å². The molecule has 6 heteroatoms. The maximum Gasteiger partial charge on any atom is 0.326 e. The van der Waals surface area contributed by atoms with Gasteiger partial charge in [-0.3, -0.25) is 4.79 Å². The van der Waals surface area contributed by atoms with Gasteiger partial charge in [-0.05, 0) is 36.6 Å². The summed E-state index contributed by atoms with van der Waals surface area (Å²) in [5.74, 6) is -0.981. The van der Waals surface area contributed by atoms with Gasteiger partial charge in [0, 0.05) is 29.5 Å². The standard InChI is InChI=1S/C23H23NO5/c1-14(17-11-18-15(2)13-29-21(18)12-20(17)28-3)9-22(25)24-19(23(26)27)10-16-7-5-4-6-8-16/h4-9,11-13,19H,10H2,1-3H3,(H,24,25)(H,26,27)/b14-9+. The second-order valence-corrected chi connectivity index (χ2v) is 6.88. The van der Waals surface area contributed by atoms with E-state index in [1.165, 1.54) is 6.08 Å². The number of carbonyl (C=O) groups excluding carboxylic acids is 1. The van der Waals surface area contributed by atoms with Crippen LogP contribution in [0.4, 0.5) is 0 Å². The van der Waals surface area contributed by atoms with E-state index in [9.17, 15) is 14.7 Å². The summed E-state index contributed by atoms with van der Waals surface area (Å²) in [4.78, 5) is 24.1. The number of carboxylic acid groups (broad SMARTS) is 1. The summed E-state index contributed by atoms with van der Waals surface area (Å²) in [6.45, 7) is 3.72. The monoisotopic (exact) mass is 393 g/mol. The SMILES string of the molecule is COc1cc2occ(C)c2cc1/C(C)=C/C(=O)NC(Cc1ccccc1)C(=O)O. The predicted octanol–water partition coefficient (Wildman–Crippen LogP) is 3.97. The molecule has 0 bridgehead atoms. The molecule has 2 aromatic carbocycles. The summed E-state index contributed by atoms with van der Waals surface area (Å²) in [5, 5.41) is 13.0. The van der Waals surface area contributed by atoms with Crippen molar-refractivity contribution in [3.05, 3.63) is 71.5 Å². The first kappa shape index (κ1) is 20.2. The number of carboxylic acids is 1. The van der Waals surface area contributed by atoms with Crippen LogP contribution in [0, 0.1) is 6.92 Å². The van der Waals surface area contributed by atoms with E-state index in [-0.39, 0.29) is 6.42 Å². The lowest BCUT2D eigenvalue weighted by molar-refractivity contribution is -0.141. The number of hydrogen-bond donors (Lipinski definition) is 2. The Hall–Kier alpha value is -3.54. The Bertz CT molecular complexity index is 1070. The van der Waals surface area contributed by atoms with Crippen molar-refractivity contribution in [1.82, 2.24) is 5.32 Å². The number of carbonyl (C=O) groups is 2. The van der Waals surface area contributed by atoms with Crippen molar-refractivity contribution >= 4 is 28.4 Å². The Morgan fingerprint density at radius 2 is 1.97 bits per heavy atom. The first-order valence-electron chi connectivity index (χ1n) is 9.20. The van der Waals surface area contributed by atoms with Crippen LogP contribution in [0.15, 0.2) is 59.2 Å². The zero-order valence-electron chi connectivity index (χ0n) is 16.6. The zero-order valence-corrected chi connectivity index (χ0v) is 16.6. The number of aryl methyl sites for hydroxylation is 1. The maximum absolute atomic E-state index is 12.5. The van der Waals surface area contributed by atoms with E-state index in [1.807, 2.05) is 43.3 Å². The molecule has 6 nitrogen and oxygen atoms in total. The molecular formula is C23H23NO5. The van der Waals surface area contributed by atoms with Gasteiger partial charge in [-0.25, -0.2) is 4.79 Å². The van der Waals surface area contributed by atoms with Crippen LogP contribution >= 0.6 is 0 Å². The number of nitrogens with one attached hydrogen (secondary N) is 1. The van der Waals surface area contributed by atoms with Gasteiger partial charge >= 0.3 is 5.97 Å². The van der Waals surface area contributed by atoms with Gasteiger partial charge in [0.15, 0.2) is 0 Å². The van der Waals surface area contributed by atoms with E-state index >= 15 is 0 Å². The fraction of sp³-hybridized carbons (Fsp3) is 0.217. The molecule has 0 saturated carbocycles. The van der Waals surface area contributed by atoms with Crippen molar-refractivity contribution in [1.29, 1.82) is 0 Å². The molecule has 1 unspecified atom stereocenters. The Balaban J connectivity index is 1.83. The van der Waals surface area contributed by atoms with Gasteiger partial charge in [-0.1, -0.05) is 30.3 Å². The van der Waals surface area contributed by atoms with Gasteiger partial charge < -0.3 is 19.6 Å². The average Bonchev–Trinajstić information content (AvgIpc) is 3.07. The molecule has 3 rings (SSSR count). The maximum atomic E-state index is 12.5. The molecule has 1 atom stereocenters. The number of allylic oxidation sites excluding steroid dienone is 1. The molecule has 1 aromatic heterocycles. The molecule has 29 heavy (non-hydrogen) atoms. The largest absolute Gasteiger partial charge is 0.496 e. The van der Waals surface area contributed by atoms with E-state index in [0.717, 1.165) is 22.1 Å². The Morgan fingerprint density at radius 3 is 2.62 bits per heavy atom. The molecular weight excluding hydrogens is 370 g/mol. The Labute approximate surface area is 168 Å². The summed E-state index contributed by atoms with van der Waals surface area (Å²) < 4.78 is 10.9. The van der Waals surface area contributed by atoms with Crippen molar-refractivity contribution in [2.24, 2.45) is 0 Å².